The molecule has 1 fully saturated rings. The second kappa shape index (κ2) is 12.4. The highest BCUT2D eigenvalue weighted by Gasteiger charge is 2.44. The number of pyridine rings is 1. The Labute approximate surface area is 229 Å². The normalized spacial score (nSPS) is 23.1. The van der Waals surface area contributed by atoms with Crippen LogP contribution in [0.25, 0.3) is 0 Å². The number of nitrogens with zero attached hydrogens (tertiary/aromatic N) is 8. The maximum Gasteiger partial charge on any atom is 0.246 e. The molecule has 0 saturated heterocycles. The van der Waals surface area contributed by atoms with Crippen molar-refractivity contribution in [1.29, 1.82) is 10.5 Å². The van der Waals surface area contributed by atoms with Gasteiger partial charge in [-0.2, -0.15) is 14.9 Å². The SMILES string of the molecule is CC1CCC(N(C)C2c3nc(C#N)ccc3N(C)C(=O)C2C#N)CC1.Cn1nc(F)cc1/C=N\OC(C)(C)C. The average Bonchev–Trinajstić information content (AvgIpc) is 3.21. The molecule has 2 aromatic heterocycles. The van der Waals surface area contributed by atoms with Gasteiger partial charge in [-0.05, 0) is 71.6 Å². The molecule has 0 aromatic carbocycles. The van der Waals surface area contributed by atoms with Crippen molar-refractivity contribution < 1.29 is 14.0 Å². The molecule has 0 spiro atoms. The predicted octanol–water partition coefficient (Wildman–Crippen LogP) is 4.33. The van der Waals surface area contributed by atoms with Crippen molar-refractivity contribution in [2.75, 3.05) is 19.0 Å². The molecule has 4 rings (SSSR count). The molecule has 10 nitrogen and oxygen atoms in total. The summed E-state index contributed by atoms with van der Waals surface area (Å²) in [5.74, 6) is -0.804. The Morgan fingerprint density at radius 2 is 1.87 bits per heavy atom. The number of nitriles is 2. The summed E-state index contributed by atoms with van der Waals surface area (Å²) in [7, 11) is 5.29. The van der Waals surface area contributed by atoms with Gasteiger partial charge < -0.3 is 9.74 Å². The lowest BCUT2D eigenvalue weighted by molar-refractivity contribution is -0.123. The summed E-state index contributed by atoms with van der Waals surface area (Å²) in [6.45, 7) is 7.92. The first kappa shape index (κ1) is 29.7. The third-order valence-electron chi connectivity index (χ3n) is 7.11. The summed E-state index contributed by atoms with van der Waals surface area (Å²) in [5, 5.41) is 26.1. The van der Waals surface area contributed by atoms with Gasteiger partial charge >= 0.3 is 0 Å². The number of rotatable bonds is 4. The molecule has 2 aromatic rings. The molecular formula is C28H37FN8O2. The first-order chi connectivity index (χ1) is 18.4. The maximum atomic E-state index is 12.7. The van der Waals surface area contributed by atoms with E-state index in [1.807, 2.05) is 27.8 Å². The van der Waals surface area contributed by atoms with E-state index in [-0.39, 0.29) is 11.5 Å². The summed E-state index contributed by atoms with van der Waals surface area (Å²) in [6, 6.07) is 8.84. The minimum atomic E-state index is -0.803. The van der Waals surface area contributed by atoms with Gasteiger partial charge in [-0.25, -0.2) is 4.98 Å². The molecule has 0 N–H and O–H groups in total. The van der Waals surface area contributed by atoms with Crippen molar-refractivity contribution >= 4 is 17.8 Å². The van der Waals surface area contributed by atoms with E-state index in [1.165, 1.54) is 21.9 Å². The molecule has 11 heteroatoms. The largest absolute Gasteiger partial charge is 0.390 e. The third kappa shape index (κ3) is 7.18. The molecule has 1 saturated carbocycles. The summed E-state index contributed by atoms with van der Waals surface area (Å²) < 4.78 is 14.0. The summed E-state index contributed by atoms with van der Waals surface area (Å²) in [5.41, 5.74) is 1.89. The van der Waals surface area contributed by atoms with Gasteiger partial charge in [-0.1, -0.05) is 12.1 Å². The predicted molar refractivity (Wildman–Crippen MR) is 145 cm³/mol. The third-order valence-corrected chi connectivity index (χ3v) is 7.11. The van der Waals surface area contributed by atoms with E-state index in [1.54, 1.807) is 26.2 Å². The van der Waals surface area contributed by atoms with Gasteiger partial charge in [0.25, 0.3) is 0 Å². The van der Waals surface area contributed by atoms with Gasteiger partial charge in [-0.15, -0.1) is 5.10 Å². The first-order valence-corrected chi connectivity index (χ1v) is 13.1. The molecule has 0 radical (unpaired) electrons. The Kier molecular flexibility index (Phi) is 9.41. The Balaban J connectivity index is 0.000000255. The molecule has 2 unspecified atom stereocenters. The molecule has 1 aliphatic carbocycles. The van der Waals surface area contributed by atoms with Crippen molar-refractivity contribution in [1.82, 2.24) is 19.7 Å². The summed E-state index contributed by atoms with van der Waals surface area (Å²) >= 11 is 0. The minimum absolute atomic E-state index is 0.206. The van der Waals surface area contributed by atoms with Crippen LogP contribution in [0.4, 0.5) is 10.1 Å². The number of amides is 1. The lowest BCUT2D eigenvalue weighted by atomic mass is 9.83. The van der Waals surface area contributed by atoms with Crippen LogP contribution in [0.1, 0.15) is 76.5 Å². The van der Waals surface area contributed by atoms with Gasteiger partial charge in [0, 0.05) is 26.2 Å². The first-order valence-electron chi connectivity index (χ1n) is 13.1. The maximum absolute atomic E-state index is 12.7. The van der Waals surface area contributed by atoms with E-state index in [0.29, 0.717) is 28.8 Å². The zero-order chi connectivity index (χ0) is 28.9. The number of halogens is 1. The van der Waals surface area contributed by atoms with Crippen LogP contribution in [0.3, 0.4) is 0 Å². The van der Waals surface area contributed by atoms with Gasteiger partial charge in [0.15, 0.2) is 0 Å². The number of aromatic nitrogens is 3. The summed E-state index contributed by atoms with van der Waals surface area (Å²) in [6.07, 6.45) is 5.87. The van der Waals surface area contributed by atoms with Gasteiger partial charge in [-0.3, -0.25) is 14.4 Å². The molecule has 0 bridgehead atoms. The quantitative estimate of drug-likeness (QED) is 0.421. The monoisotopic (exact) mass is 536 g/mol. The fraction of sp³-hybridized carbons (Fsp3) is 0.571. The minimum Gasteiger partial charge on any atom is -0.390 e. The van der Waals surface area contributed by atoms with Crippen molar-refractivity contribution in [2.24, 2.45) is 24.0 Å². The van der Waals surface area contributed by atoms with Crippen LogP contribution in [0.15, 0.2) is 23.4 Å². The van der Waals surface area contributed by atoms with Gasteiger partial charge in [0.05, 0.1) is 35.4 Å². The van der Waals surface area contributed by atoms with E-state index < -0.39 is 17.9 Å². The van der Waals surface area contributed by atoms with Gasteiger partial charge in [0.1, 0.15) is 23.3 Å². The van der Waals surface area contributed by atoms with Crippen LogP contribution < -0.4 is 4.90 Å². The topological polar surface area (TPSA) is 123 Å². The molecule has 208 valence electrons. The highest BCUT2D eigenvalue weighted by atomic mass is 19.1. The number of oxime groups is 1. The number of fused-ring (bicyclic) bond motifs is 1. The number of aryl methyl sites for hydroxylation is 1. The number of carbonyl (C=O) groups excluding carboxylic acids is 1. The van der Waals surface area contributed by atoms with Crippen molar-refractivity contribution in [3.8, 4) is 12.1 Å². The number of anilines is 1. The molecule has 39 heavy (non-hydrogen) atoms. The Hall–Kier alpha value is -3.83. The standard InChI is InChI=1S/C19H23N5O.C9H14FN3O/c1-12-4-7-14(8-5-12)23(2)18-15(11-21)19(25)24(3)16-9-6-13(10-20)22-17(16)18;1-9(2,3)14-11-6-7-5-8(10)12-13(7)4/h6,9,12,14-15,18H,4-5,7-8H2,1-3H3;5-6H,1-4H3/b;11-6-. The van der Waals surface area contributed by atoms with Crippen molar-refractivity contribution in [2.45, 2.75) is 71.1 Å². The Morgan fingerprint density at radius 3 is 2.41 bits per heavy atom. The zero-order valence-corrected chi connectivity index (χ0v) is 23.7. The second-order valence-electron chi connectivity index (χ2n) is 11.2. The van der Waals surface area contributed by atoms with Crippen LogP contribution in [0.2, 0.25) is 0 Å². The number of hydrogen-bond acceptors (Lipinski definition) is 8. The number of hydrogen-bond donors (Lipinski definition) is 0. The smallest absolute Gasteiger partial charge is 0.246 e. The van der Waals surface area contributed by atoms with Crippen LogP contribution in [-0.4, -0.2) is 57.5 Å². The van der Waals surface area contributed by atoms with Crippen LogP contribution in [-0.2, 0) is 16.7 Å². The van der Waals surface area contributed by atoms with E-state index in [9.17, 15) is 19.7 Å². The van der Waals surface area contributed by atoms with Crippen molar-refractivity contribution in [3.05, 3.63) is 41.2 Å². The van der Waals surface area contributed by atoms with E-state index in [0.717, 1.165) is 31.6 Å². The average molecular weight is 537 g/mol. The van der Waals surface area contributed by atoms with Crippen LogP contribution in [0, 0.1) is 40.4 Å². The highest BCUT2D eigenvalue weighted by molar-refractivity contribution is 5.99. The summed E-state index contributed by atoms with van der Waals surface area (Å²) in [4.78, 5) is 25.9. The molecule has 1 amide bonds. The number of carbonyl (C=O) groups is 1. The molecular weight excluding hydrogens is 499 g/mol. The van der Waals surface area contributed by atoms with Crippen molar-refractivity contribution in [3.63, 3.8) is 0 Å². The highest BCUT2D eigenvalue weighted by Crippen LogP contribution is 2.42. The molecule has 3 heterocycles. The Morgan fingerprint density at radius 1 is 1.21 bits per heavy atom. The van der Waals surface area contributed by atoms with E-state index in [2.05, 4.69) is 39.2 Å². The van der Waals surface area contributed by atoms with E-state index in [4.69, 9.17) is 4.84 Å². The van der Waals surface area contributed by atoms with Crippen LogP contribution >= 0.6 is 0 Å². The van der Waals surface area contributed by atoms with E-state index >= 15 is 0 Å². The molecule has 1 aliphatic heterocycles. The molecule has 2 atom stereocenters. The van der Waals surface area contributed by atoms with Gasteiger partial charge in [0.2, 0.25) is 11.9 Å². The lowest BCUT2D eigenvalue weighted by Gasteiger charge is -2.43. The van der Waals surface area contributed by atoms with Crippen LogP contribution in [0.5, 0.6) is 0 Å². The second-order valence-corrected chi connectivity index (χ2v) is 11.2. The zero-order valence-electron chi connectivity index (χ0n) is 23.7. The Bertz CT molecular complexity index is 1280. The fourth-order valence-electron chi connectivity index (χ4n) is 4.89. The fourth-order valence-corrected chi connectivity index (χ4v) is 4.89. The molecule has 2 aliphatic rings. The lowest BCUT2D eigenvalue weighted by Crippen LogP contribution is -2.49.